The normalized spacial score (nSPS) is 20.4. The standard InChI is InChI=1S/C35H39ClF3N5O8S/c1-41-14-16-42(17-15-41)22-10-12-43(13-11-22)52-34(46)40-35(24-6-4-5-7-29(24)51-21-32(38)39)25-19-26(36)27(37)20-28(25)44(33(35)45)53(47,48)31-9-8-23(49-2)18-30(31)50-3/h4-9,18-20,22,32H,10-17,21H2,1-3H3,(H,40,46). The maximum Gasteiger partial charge on any atom is 0.427 e. The topological polar surface area (TPSA) is 130 Å². The van der Waals surface area contributed by atoms with E-state index in [4.69, 9.17) is 30.6 Å². The lowest BCUT2D eigenvalue weighted by Gasteiger charge is -2.41. The van der Waals surface area contributed by atoms with Gasteiger partial charge in [-0.15, -0.1) is 5.06 Å². The maximum atomic E-state index is 15.3. The predicted octanol–water partition coefficient (Wildman–Crippen LogP) is 4.47. The van der Waals surface area contributed by atoms with Crippen molar-refractivity contribution in [2.45, 2.75) is 35.7 Å². The Balaban J connectivity index is 1.42. The molecule has 13 nitrogen and oxygen atoms in total. The molecule has 3 aromatic rings. The van der Waals surface area contributed by atoms with Gasteiger partial charge in [0.15, 0.2) is 5.54 Å². The summed E-state index contributed by atoms with van der Waals surface area (Å²) in [6, 6.07) is 11.2. The summed E-state index contributed by atoms with van der Waals surface area (Å²) in [5.74, 6) is -2.67. The van der Waals surface area contributed by atoms with Crippen LogP contribution in [0.25, 0.3) is 0 Å². The van der Waals surface area contributed by atoms with Gasteiger partial charge >= 0.3 is 6.09 Å². The summed E-state index contributed by atoms with van der Waals surface area (Å²) in [5.41, 5.74) is -3.58. The number of carbonyl (C=O) groups excluding carboxylic acids is 2. The van der Waals surface area contributed by atoms with E-state index in [1.807, 2.05) is 0 Å². The van der Waals surface area contributed by atoms with E-state index in [-0.39, 0.29) is 34.4 Å². The van der Waals surface area contributed by atoms with Crippen molar-refractivity contribution < 1.29 is 50.2 Å². The van der Waals surface area contributed by atoms with Crippen molar-refractivity contribution in [2.24, 2.45) is 0 Å². The highest BCUT2D eigenvalue weighted by atomic mass is 35.5. The second-order valence-corrected chi connectivity index (χ2v) is 15.0. The fourth-order valence-corrected chi connectivity index (χ4v) is 8.75. The van der Waals surface area contributed by atoms with Gasteiger partial charge in [-0.25, -0.2) is 26.4 Å². The van der Waals surface area contributed by atoms with Crippen LogP contribution in [0.3, 0.4) is 0 Å². The number of alkyl halides is 2. The number of likely N-dealkylation sites (N-methyl/N-ethyl adjacent to an activating group) is 1. The van der Waals surface area contributed by atoms with Crippen LogP contribution in [0, 0.1) is 5.82 Å². The van der Waals surface area contributed by atoms with E-state index in [0.29, 0.717) is 30.2 Å². The Labute approximate surface area is 310 Å². The third kappa shape index (κ3) is 7.45. The van der Waals surface area contributed by atoms with E-state index >= 15 is 9.18 Å². The summed E-state index contributed by atoms with van der Waals surface area (Å²) in [7, 11) is -0.336. The van der Waals surface area contributed by atoms with E-state index in [2.05, 4.69) is 22.2 Å². The first-order valence-corrected chi connectivity index (χ1v) is 18.6. The van der Waals surface area contributed by atoms with E-state index in [1.54, 1.807) is 0 Å². The number of piperazine rings is 1. The summed E-state index contributed by atoms with van der Waals surface area (Å²) in [6.45, 7) is 3.37. The number of anilines is 1. The zero-order valence-corrected chi connectivity index (χ0v) is 30.8. The minimum Gasteiger partial charge on any atom is -0.497 e. The highest BCUT2D eigenvalue weighted by Crippen LogP contribution is 2.51. The first-order valence-electron chi connectivity index (χ1n) is 16.8. The van der Waals surface area contributed by atoms with Crippen LogP contribution in [-0.4, -0.2) is 115 Å². The van der Waals surface area contributed by atoms with Gasteiger partial charge < -0.3 is 23.9 Å². The Morgan fingerprint density at radius 2 is 1.66 bits per heavy atom. The number of rotatable bonds is 11. The Morgan fingerprint density at radius 1 is 0.962 bits per heavy atom. The number of sulfonamides is 1. The number of hydrogen-bond acceptors (Lipinski definition) is 11. The Hall–Kier alpha value is -4.29. The molecule has 53 heavy (non-hydrogen) atoms. The highest BCUT2D eigenvalue weighted by molar-refractivity contribution is 7.93. The van der Waals surface area contributed by atoms with Crippen LogP contribution in [0.4, 0.5) is 23.7 Å². The second kappa shape index (κ2) is 15.6. The number of para-hydroxylation sites is 1. The molecule has 2 fully saturated rings. The molecule has 18 heteroatoms. The molecule has 0 aliphatic carbocycles. The molecule has 3 aliphatic rings. The van der Waals surface area contributed by atoms with Crippen LogP contribution in [0.1, 0.15) is 24.0 Å². The summed E-state index contributed by atoms with van der Waals surface area (Å²) in [5, 5.41) is 3.46. The minimum atomic E-state index is -4.98. The molecule has 3 aliphatic heterocycles. The van der Waals surface area contributed by atoms with Gasteiger partial charge in [-0.1, -0.05) is 29.8 Å². The Bertz CT molecular complexity index is 1960. The summed E-state index contributed by atoms with van der Waals surface area (Å²) >= 11 is 6.26. The minimum absolute atomic E-state index is 0.210. The molecule has 6 rings (SSSR count). The van der Waals surface area contributed by atoms with Gasteiger partial charge in [-0.2, -0.15) is 4.31 Å². The Morgan fingerprint density at radius 3 is 2.32 bits per heavy atom. The van der Waals surface area contributed by atoms with Gasteiger partial charge in [0.25, 0.3) is 22.4 Å². The molecule has 0 radical (unpaired) electrons. The Kier molecular flexibility index (Phi) is 11.3. The second-order valence-electron chi connectivity index (χ2n) is 12.8. The third-order valence-corrected chi connectivity index (χ3v) is 11.7. The number of nitrogens with zero attached hydrogens (tertiary/aromatic N) is 4. The number of benzene rings is 3. The smallest absolute Gasteiger partial charge is 0.427 e. The molecular formula is C35H39ClF3N5O8S. The molecule has 1 unspecified atom stereocenters. The van der Waals surface area contributed by atoms with Crippen LogP contribution in [0.15, 0.2) is 59.5 Å². The summed E-state index contributed by atoms with van der Waals surface area (Å²) in [4.78, 5) is 38.8. The largest absolute Gasteiger partial charge is 0.497 e. The lowest BCUT2D eigenvalue weighted by Crippen LogP contribution is -2.56. The molecule has 0 bridgehead atoms. The number of piperidine rings is 1. The number of hydroxylamine groups is 2. The monoisotopic (exact) mass is 781 g/mol. The number of methoxy groups -OCH3 is 2. The van der Waals surface area contributed by atoms with Crippen molar-refractivity contribution >= 4 is 39.3 Å². The molecule has 1 N–H and O–H groups in total. The van der Waals surface area contributed by atoms with Gasteiger partial charge in [-0.05, 0) is 44.2 Å². The molecule has 0 spiro atoms. The lowest BCUT2D eigenvalue weighted by molar-refractivity contribution is -0.130. The number of carbonyl (C=O) groups is 2. The van der Waals surface area contributed by atoms with Gasteiger partial charge in [0, 0.05) is 68.6 Å². The van der Waals surface area contributed by atoms with E-state index in [1.165, 1.54) is 55.7 Å². The quantitative estimate of drug-likeness (QED) is 0.296. The van der Waals surface area contributed by atoms with Crippen LogP contribution in [-0.2, 0) is 25.2 Å². The van der Waals surface area contributed by atoms with Crippen molar-refractivity contribution in [2.75, 3.05) is 71.4 Å². The molecule has 2 amide bonds. The molecule has 0 saturated carbocycles. The molecule has 286 valence electrons. The van der Waals surface area contributed by atoms with Crippen molar-refractivity contribution in [3.05, 3.63) is 76.6 Å². The lowest BCUT2D eigenvalue weighted by atomic mass is 9.83. The highest BCUT2D eigenvalue weighted by Gasteiger charge is 2.59. The molecule has 3 heterocycles. The van der Waals surface area contributed by atoms with E-state index in [9.17, 15) is 22.0 Å². The summed E-state index contributed by atoms with van der Waals surface area (Å²) in [6.07, 6.45) is -2.72. The average Bonchev–Trinajstić information content (AvgIpc) is 3.37. The molecule has 1 atom stereocenters. The van der Waals surface area contributed by atoms with Gasteiger partial charge in [-0.3, -0.25) is 15.0 Å². The van der Waals surface area contributed by atoms with Gasteiger partial charge in [0.1, 0.15) is 34.6 Å². The van der Waals surface area contributed by atoms with Crippen LogP contribution >= 0.6 is 11.6 Å². The third-order valence-electron chi connectivity index (χ3n) is 9.69. The molecular weight excluding hydrogens is 743 g/mol. The van der Waals surface area contributed by atoms with Crippen molar-refractivity contribution in [1.29, 1.82) is 0 Å². The van der Waals surface area contributed by atoms with Crippen LogP contribution in [0.5, 0.6) is 17.2 Å². The number of fused-ring (bicyclic) bond motifs is 1. The predicted molar refractivity (Wildman–Crippen MR) is 188 cm³/mol. The fourth-order valence-electron chi connectivity index (χ4n) is 6.99. The fraction of sp³-hybridized carbons (Fsp3) is 0.429. The van der Waals surface area contributed by atoms with Crippen molar-refractivity contribution in [3.8, 4) is 17.2 Å². The first-order chi connectivity index (χ1) is 25.3. The van der Waals surface area contributed by atoms with Crippen molar-refractivity contribution in [3.63, 3.8) is 0 Å². The molecule has 2 saturated heterocycles. The van der Waals surface area contributed by atoms with Crippen molar-refractivity contribution in [1.82, 2.24) is 20.2 Å². The summed E-state index contributed by atoms with van der Waals surface area (Å²) < 4.78 is 87.4. The molecule has 0 aromatic heterocycles. The van der Waals surface area contributed by atoms with E-state index in [0.717, 1.165) is 44.4 Å². The van der Waals surface area contributed by atoms with Crippen LogP contribution < -0.4 is 23.8 Å². The SMILES string of the molecule is COc1ccc(S(=O)(=O)N2C(=O)C(NC(=O)ON3CCC(N4CCN(C)CC4)CC3)(c3ccccc3OCC(F)F)c3cc(Cl)c(F)cc32)c(OC)c1. The van der Waals surface area contributed by atoms with Crippen LogP contribution in [0.2, 0.25) is 5.02 Å². The number of hydrogen-bond donors (Lipinski definition) is 1. The maximum absolute atomic E-state index is 15.3. The van der Waals surface area contributed by atoms with Gasteiger partial charge in [0.2, 0.25) is 0 Å². The zero-order valence-electron chi connectivity index (χ0n) is 29.2. The number of halogens is 4. The first kappa shape index (κ1) is 38.4. The zero-order chi connectivity index (χ0) is 38.1. The number of nitrogens with one attached hydrogen (secondary N) is 1. The molecule has 3 aromatic carbocycles. The number of ether oxygens (including phenoxy) is 3. The van der Waals surface area contributed by atoms with E-state index < -0.39 is 62.0 Å². The number of amides is 2. The average molecular weight is 782 g/mol. The van der Waals surface area contributed by atoms with Gasteiger partial charge in [0.05, 0.1) is 24.9 Å².